The smallest absolute Gasteiger partial charge is 0.293 e. The number of benzene rings is 1. The fourth-order valence-electron chi connectivity index (χ4n) is 3.50. The first kappa shape index (κ1) is 17.7. The lowest BCUT2D eigenvalue weighted by atomic mass is 10.1. The number of aromatic nitrogens is 4. The Morgan fingerprint density at radius 3 is 2.74 bits per heavy atom. The van der Waals surface area contributed by atoms with Crippen molar-refractivity contribution in [3.05, 3.63) is 51.5 Å². The van der Waals surface area contributed by atoms with Gasteiger partial charge in [-0.2, -0.15) is 10.2 Å². The molecular weight excluding hydrogens is 366 g/mol. The number of fused-ring (bicyclic) bond motifs is 1. The van der Waals surface area contributed by atoms with Gasteiger partial charge in [0.05, 0.1) is 17.6 Å². The van der Waals surface area contributed by atoms with Crippen LogP contribution in [-0.4, -0.2) is 43.5 Å². The summed E-state index contributed by atoms with van der Waals surface area (Å²) in [5, 5.41) is 9.91. The van der Waals surface area contributed by atoms with Crippen LogP contribution in [0, 0.1) is 6.92 Å². The molecule has 27 heavy (non-hydrogen) atoms. The molecule has 4 rings (SSSR count). The van der Waals surface area contributed by atoms with Crippen LogP contribution in [0.1, 0.15) is 25.0 Å². The minimum Gasteiger partial charge on any atom is -0.341 e. The summed E-state index contributed by atoms with van der Waals surface area (Å²) in [6.07, 6.45) is 4.78. The van der Waals surface area contributed by atoms with Gasteiger partial charge in [0, 0.05) is 23.5 Å². The molecule has 1 aliphatic heterocycles. The lowest BCUT2D eigenvalue weighted by Gasteiger charge is -2.26. The van der Waals surface area contributed by atoms with Gasteiger partial charge in [0.2, 0.25) is 5.91 Å². The number of rotatable bonds is 3. The third-order valence-electron chi connectivity index (χ3n) is 4.91. The highest BCUT2D eigenvalue weighted by molar-refractivity contribution is 6.30. The standard InChI is InChI=1S/C19H20ClN5O2/c1-13-16-11-21-25(15-7-5-6-14(20)10-15)18(16)19(27)24(22-13)12-17(26)23-8-3-2-4-9-23/h5-7,10-11H,2-4,8-9,12H2,1H3. The Morgan fingerprint density at radius 1 is 1.22 bits per heavy atom. The van der Waals surface area contributed by atoms with Crippen LogP contribution in [0.4, 0.5) is 0 Å². The lowest BCUT2D eigenvalue weighted by molar-refractivity contribution is -0.133. The summed E-state index contributed by atoms with van der Waals surface area (Å²) in [5.41, 5.74) is 1.41. The van der Waals surface area contributed by atoms with E-state index in [1.807, 2.05) is 17.9 Å². The number of likely N-dealkylation sites (tertiary alicyclic amines) is 1. The molecule has 0 unspecified atom stereocenters. The molecule has 1 amide bonds. The summed E-state index contributed by atoms with van der Waals surface area (Å²) in [6.45, 7) is 3.24. The molecule has 0 saturated carbocycles. The van der Waals surface area contributed by atoms with Crippen molar-refractivity contribution in [2.24, 2.45) is 0 Å². The van der Waals surface area contributed by atoms with E-state index in [0.29, 0.717) is 27.3 Å². The van der Waals surface area contributed by atoms with Gasteiger partial charge in [-0.25, -0.2) is 9.36 Å². The van der Waals surface area contributed by atoms with Crippen molar-refractivity contribution in [2.75, 3.05) is 13.1 Å². The van der Waals surface area contributed by atoms with Crippen molar-refractivity contribution in [1.82, 2.24) is 24.5 Å². The molecule has 3 aromatic rings. The maximum absolute atomic E-state index is 13.1. The molecule has 1 aliphatic rings. The monoisotopic (exact) mass is 385 g/mol. The van der Waals surface area contributed by atoms with E-state index in [0.717, 1.165) is 32.4 Å². The van der Waals surface area contributed by atoms with Gasteiger partial charge in [0.1, 0.15) is 12.1 Å². The summed E-state index contributed by atoms with van der Waals surface area (Å²) in [4.78, 5) is 27.5. The van der Waals surface area contributed by atoms with Gasteiger partial charge in [0.15, 0.2) is 0 Å². The number of carbonyl (C=O) groups excluding carboxylic acids is 1. The quantitative estimate of drug-likeness (QED) is 0.694. The minimum absolute atomic E-state index is 0.0592. The first-order chi connectivity index (χ1) is 13.0. The second kappa shape index (κ2) is 7.15. The lowest BCUT2D eigenvalue weighted by Crippen LogP contribution is -2.40. The Kier molecular flexibility index (Phi) is 4.70. The average molecular weight is 386 g/mol. The summed E-state index contributed by atoms with van der Waals surface area (Å²) in [7, 11) is 0. The molecule has 1 aromatic carbocycles. The van der Waals surface area contributed by atoms with Crippen molar-refractivity contribution in [2.45, 2.75) is 32.7 Å². The fourth-order valence-corrected chi connectivity index (χ4v) is 3.69. The molecule has 0 atom stereocenters. The van der Waals surface area contributed by atoms with Crippen molar-refractivity contribution >= 4 is 28.4 Å². The summed E-state index contributed by atoms with van der Waals surface area (Å²) in [5.74, 6) is -0.0723. The van der Waals surface area contributed by atoms with Crippen LogP contribution in [0.5, 0.6) is 0 Å². The van der Waals surface area contributed by atoms with Crippen LogP contribution in [-0.2, 0) is 11.3 Å². The third-order valence-corrected chi connectivity index (χ3v) is 5.15. The zero-order valence-corrected chi connectivity index (χ0v) is 15.8. The van der Waals surface area contributed by atoms with Gasteiger partial charge in [-0.05, 0) is 44.4 Å². The number of hydrogen-bond donors (Lipinski definition) is 0. The van der Waals surface area contributed by atoms with E-state index >= 15 is 0 Å². The molecule has 7 nitrogen and oxygen atoms in total. The van der Waals surface area contributed by atoms with E-state index in [4.69, 9.17) is 11.6 Å². The van der Waals surface area contributed by atoms with Crippen molar-refractivity contribution in [3.63, 3.8) is 0 Å². The van der Waals surface area contributed by atoms with E-state index in [9.17, 15) is 9.59 Å². The van der Waals surface area contributed by atoms with Crippen molar-refractivity contribution in [3.8, 4) is 5.69 Å². The SMILES string of the molecule is Cc1nn(CC(=O)N2CCCCC2)c(=O)c2c1cnn2-c1cccc(Cl)c1. The zero-order valence-electron chi connectivity index (χ0n) is 15.1. The maximum atomic E-state index is 13.1. The number of nitrogens with zero attached hydrogens (tertiary/aromatic N) is 5. The third kappa shape index (κ3) is 3.35. The van der Waals surface area contributed by atoms with Gasteiger partial charge >= 0.3 is 0 Å². The Labute approximate surface area is 161 Å². The predicted molar refractivity (Wildman–Crippen MR) is 103 cm³/mol. The number of amides is 1. The van der Waals surface area contributed by atoms with Gasteiger partial charge in [-0.1, -0.05) is 17.7 Å². The highest BCUT2D eigenvalue weighted by atomic mass is 35.5. The second-order valence-corrected chi connectivity index (χ2v) is 7.22. The zero-order chi connectivity index (χ0) is 19.0. The first-order valence-electron chi connectivity index (χ1n) is 9.04. The molecule has 140 valence electrons. The van der Waals surface area contributed by atoms with Gasteiger partial charge in [-0.15, -0.1) is 0 Å². The highest BCUT2D eigenvalue weighted by Gasteiger charge is 2.20. The van der Waals surface area contributed by atoms with Crippen molar-refractivity contribution in [1.29, 1.82) is 0 Å². The van der Waals surface area contributed by atoms with Crippen LogP contribution in [0.15, 0.2) is 35.3 Å². The Hall–Kier alpha value is -2.67. The fraction of sp³-hybridized carbons (Fsp3) is 0.368. The van der Waals surface area contributed by atoms with Crippen LogP contribution in [0.3, 0.4) is 0 Å². The molecule has 3 heterocycles. The second-order valence-electron chi connectivity index (χ2n) is 6.79. The van der Waals surface area contributed by atoms with Gasteiger partial charge in [-0.3, -0.25) is 9.59 Å². The number of hydrogen-bond acceptors (Lipinski definition) is 4. The normalized spacial score (nSPS) is 14.7. The van der Waals surface area contributed by atoms with E-state index in [1.54, 1.807) is 29.1 Å². The summed E-state index contributed by atoms with van der Waals surface area (Å²) < 4.78 is 2.80. The van der Waals surface area contributed by atoms with E-state index in [1.165, 1.54) is 4.68 Å². The summed E-state index contributed by atoms with van der Waals surface area (Å²) >= 11 is 6.08. The number of aryl methyl sites for hydroxylation is 1. The van der Waals surface area contributed by atoms with E-state index in [-0.39, 0.29) is 18.0 Å². The molecule has 1 saturated heterocycles. The average Bonchev–Trinajstić information content (AvgIpc) is 3.12. The number of halogens is 1. The maximum Gasteiger partial charge on any atom is 0.293 e. The molecule has 0 N–H and O–H groups in total. The molecule has 0 spiro atoms. The highest BCUT2D eigenvalue weighted by Crippen LogP contribution is 2.20. The number of piperidine rings is 1. The molecule has 0 radical (unpaired) electrons. The molecule has 0 bridgehead atoms. The molecule has 1 fully saturated rings. The predicted octanol–water partition coefficient (Wildman–Crippen LogP) is 2.56. The number of carbonyl (C=O) groups is 1. The van der Waals surface area contributed by atoms with Crippen LogP contribution >= 0.6 is 11.6 Å². The molecule has 8 heteroatoms. The molecule has 2 aromatic heterocycles. The van der Waals surface area contributed by atoms with Gasteiger partial charge in [0.25, 0.3) is 5.56 Å². The minimum atomic E-state index is -0.335. The van der Waals surface area contributed by atoms with Crippen LogP contribution < -0.4 is 5.56 Å². The molecule has 0 aliphatic carbocycles. The Morgan fingerprint density at radius 2 is 2.00 bits per heavy atom. The largest absolute Gasteiger partial charge is 0.341 e. The van der Waals surface area contributed by atoms with Crippen LogP contribution in [0.25, 0.3) is 16.6 Å². The molecular formula is C19H20ClN5O2. The van der Waals surface area contributed by atoms with E-state index < -0.39 is 0 Å². The Balaban J connectivity index is 1.76. The van der Waals surface area contributed by atoms with E-state index in [2.05, 4.69) is 10.2 Å². The van der Waals surface area contributed by atoms with Crippen molar-refractivity contribution < 1.29 is 4.79 Å². The first-order valence-corrected chi connectivity index (χ1v) is 9.41. The topological polar surface area (TPSA) is 73.0 Å². The van der Waals surface area contributed by atoms with Crippen LogP contribution in [0.2, 0.25) is 5.02 Å². The summed E-state index contributed by atoms with van der Waals surface area (Å²) in [6, 6.07) is 7.14. The van der Waals surface area contributed by atoms with Gasteiger partial charge < -0.3 is 4.90 Å². The Bertz CT molecular complexity index is 1070.